The van der Waals surface area contributed by atoms with Gasteiger partial charge in [-0.1, -0.05) is 6.92 Å². The van der Waals surface area contributed by atoms with Gasteiger partial charge in [-0.15, -0.1) is 0 Å². The molecular formula is C24H35N5O2. The van der Waals surface area contributed by atoms with Crippen molar-refractivity contribution in [3.05, 3.63) is 28.7 Å². The monoisotopic (exact) mass is 425 g/mol. The average Bonchev–Trinajstić information content (AvgIpc) is 3.40. The summed E-state index contributed by atoms with van der Waals surface area (Å²) in [6.07, 6.45) is 6.15. The maximum Gasteiger partial charge on any atom is 0.223 e. The van der Waals surface area contributed by atoms with Crippen molar-refractivity contribution in [3.63, 3.8) is 0 Å². The number of fused-ring (bicyclic) bond motifs is 1. The topological polar surface area (TPSA) is 70.8 Å². The van der Waals surface area contributed by atoms with Crippen LogP contribution in [0, 0.1) is 13.8 Å². The summed E-state index contributed by atoms with van der Waals surface area (Å²) in [5.41, 5.74) is 5.02. The van der Waals surface area contributed by atoms with Gasteiger partial charge in [0.25, 0.3) is 0 Å². The molecule has 7 heteroatoms. The van der Waals surface area contributed by atoms with Gasteiger partial charge in [0.1, 0.15) is 0 Å². The Morgan fingerprint density at radius 1 is 1.13 bits per heavy atom. The lowest BCUT2D eigenvalue weighted by Gasteiger charge is -2.33. The van der Waals surface area contributed by atoms with Crippen LogP contribution in [0.15, 0.2) is 6.07 Å². The molecule has 0 bridgehead atoms. The predicted molar refractivity (Wildman–Crippen MR) is 120 cm³/mol. The highest BCUT2D eigenvalue weighted by molar-refractivity contribution is 5.77. The van der Waals surface area contributed by atoms with Gasteiger partial charge in [0, 0.05) is 61.9 Å². The largest absolute Gasteiger partial charge is 0.342 e. The fraction of sp³-hybridized carbons (Fsp3) is 0.667. The number of piperidine rings is 1. The van der Waals surface area contributed by atoms with Crippen LogP contribution in [-0.4, -0.2) is 61.9 Å². The molecule has 168 valence electrons. The van der Waals surface area contributed by atoms with Gasteiger partial charge in [0.15, 0.2) is 5.65 Å². The van der Waals surface area contributed by atoms with Crippen molar-refractivity contribution in [3.8, 4) is 0 Å². The summed E-state index contributed by atoms with van der Waals surface area (Å²) < 4.78 is 1.93. The van der Waals surface area contributed by atoms with E-state index >= 15 is 0 Å². The van der Waals surface area contributed by atoms with E-state index in [0.717, 1.165) is 67.2 Å². The number of likely N-dealkylation sites (tertiary alicyclic amines) is 2. The Labute approximate surface area is 184 Å². The van der Waals surface area contributed by atoms with Crippen LogP contribution in [0.5, 0.6) is 0 Å². The van der Waals surface area contributed by atoms with Crippen molar-refractivity contribution >= 4 is 17.5 Å². The van der Waals surface area contributed by atoms with Gasteiger partial charge < -0.3 is 9.80 Å². The third-order valence-electron chi connectivity index (χ3n) is 7.16. The van der Waals surface area contributed by atoms with Gasteiger partial charge in [0.05, 0.1) is 5.69 Å². The Kier molecular flexibility index (Phi) is 6.30. The first-order chi connectivity index (χ1) is 14.9. The minimum absolute atomic E-state index is 0.214. The average molecular weight is 426 g/mol. The van der Waals surface area contributed by atoms with Crippen molar-refractivity contribution in [2.24, 2.45) is 0 Å². The van der Waals surface area contributed by atoms with Crippen LogP contribution >= 0.6 is 0 Å². The number of hydrogen-bond acceptors (Lipinski definition) is 4. The lowest BCUT2D eigenvalue weighted by Crippen LogP contribution is -2.42. The zero-order chi connectivity index (χ0) is 22.1. The van der Waals surface area contributed by atoms with Crippen molar-refractivity contribution < 1.29 is 9.59 Å². The van der Waals surface area contributed by atoms with Gasteiger partial charge in [-0.05, 0) is 58.4 Å². The molecule has 0 radical (unpaired) electrons. The second-order valence-corrected chi connectivity index (χ2v) is 9.21. The third-order valence-corrected chi connectivity index (χ3v) is 7.16. The van der Waals surface area contributed by atoms with Crippen LogP contribution in [0.1, 0.15) is 80.9 Å². The van der Waals surface area contributed by atoms with Crippen LogP contribution in [-0.2, 0) is 16.0 Å². The molecule has 2 amide bonds. The molecule has 0 unspecified atom stereocenters. The van der Waals surface area contributed by atoms with Crippen LogP contribution in [0.25, 0.3) is 5.65 Å². The van der Waals surface area contributed by atoms with Crippen molar-refractivity contribution in [2.75, 3.05) is 19.6 Å². The second-order valence-electron chi connectivity index (χ2n) is 9.21. The highest BCUT2D eigenvalue weighted by Crippen LogP contribution is 2.28. The number of amides is 2. The van der Waals surface area contributed by atoms with Crippen molar-refractivity contribution in [1.82, 2.24) is 24.4 Å². The first kappa shape index (κ1) is 21.8. The standard InChI is InChI=1S/C24H35N5O2/c1-5-23(30)27-13-11-19(15-27)21-14-22-25-17(3)20(18(4)29(22)26-21)9-10-24(31)28-12-7-6-8-16(28)2/h14,16,19H,5-13,15H2,1-4H3/t16-,19-/m0/s1. The first-order valence-electron chi connectivity index (χ1n) is 11.8. The Balaban J connectivity index is 1.50. The molecular weight excluding hydrogens is 390 g/mol. The third kappa shape index (κ3) is 4.32. The Hall–Kier alpha value is -2.44. The summed E-state index contributed by atoms with van der Waals surface area (Å²) in [7, 11) is 0. The number of carbonyl (C=O) groups is 2. The van der Waals surface area contributed by atoms with Gasteiger partial charge in [-0.25, -0.2) is 9.50 Å². The minimum atomic E-state index is 0.214. The van der Waals surface area contributed by atoms with E-state index in [0.29, 0.717) is 25.3 Å². The number of rotatable bonds is 5. The van der Waals surface area contributed by atoms with Crippen molar-refractivity contribution in [2.45, 2.75) is 84.6 Å². The highest BCUT2D eigenvalue weighted by atomic mass is 16.2. The molecule has 2 aliphatic rings. The zero-order valence-electron chi connectivity index (χ0n) is 19.4. The van der Waals surface area contributed by atoms with Gasteiger partial charge in [0.2, 0.25) is 11.8 Å². The summed E-state index contributed by atoms with van der Waals surface area (Å²) in [5, 5.41) is 4.87. The van der Waals surface area contributed by atoms with Crippen LogP contribution in [0.2, 0.25) is 0 Å². The number of nitrogens with zero attached hydrogens (tertiary/aromatic N) is 5. The lowest BCUT2D eigenvalue weighted by atomic mass is 10.0. The summed E-state index contributed by atoms with van der Waals surface area (Å²) >= 11 is 0. The molecule has 2 saturated heterocycles. The van der Waals surface area contributed by atoms with E-state index < -0.39 is 0 Å². The summed E-state index contributed by atoms with van der Waals surface area (Å²) in [6, 6.07) is 2.41. The molecule has 31 heavy (non-hydrogen) atoms. The quantitative estimate of drug-likeness (QED) is 0.736. The Bertz CT molecular complexity index is 982. The van der Waals surface area contributed by atoms with Gasteiger partial charge >= 0.3 is 0 Å². The molecule has 0 aliphatic carbocycles. The molecule has 4 rings (SSSR count). The van der Waals surface area contributed by atoms with Crippen molar-refractivity contribution in [1.29, 1.82) is 0 Å². The fourth-order valence-electron chi connectivity index (χ4n) is 5.20. The van der Waals surface area contributed by atoms with E-state index in [1.807, 2.05) is 23.3 Å². The Morgan fingerprint density at radius 2 is 1.94 bits per heavy atom. The molecule has 4 heterocycles. The van der Waals surface area contributed by atoms with E-state index in [1.165, 1.54) is 6.42 Å². The molecule has 2 aliphatic heterocycles. The van der Waals surface area contributed by atoms with Crippen LogP contribution < -0.4 is 0 Å². The first-order valence-corrected chi connectivity index (χ1v) is 11.8. The van der Waals surface area contributed by atoms with Gasteiger partial charge in [-0.2, -0.15) is 5.10 Å². The highest BCUT2D eigenvalue weighted by Gasteiger charge is 2.29. The van der Waals surface area contributed by atoms with Crippen LogP contribution in [0.3, 0.4) is 0 Å². The van der Waals surface area contributed by atoms with E-state index in [9.17, 15) is 9.59 Å². The zero-order valence-corrected chi connectivity index (χ0v) is 19.4. The Morgan fingerprint density at radius 3 is 2.68 bits per heavy atom. The van der Waals surface area contributed by atoms with E-state index in [2.05, 4.69) is 24.8 Å². The molecule has 0 saturated carbocycles. The predicted octanol–water partition coefficient (Wildman–Crippen LogP) is 3.41. The second kappa shape index (κ2) is 8.97. The number of aromatic nitrogens is 3. The van der Waals surface area contributed by atoms with Gasteiger partial charge in [-0.3, -0.25) is 9.59 Å². The van der Waals surface area contributed by atoms with E-state index in [4.69, 9.17) is 10.1 Å². The minimum Gasteiger partial charge on any atom is -0.342 e. The molecule has 7 nitrogen and oxygen atoms in total. The summed E-state index contributed by atoms with van der Waals surface area (Å²) in [4.78, 5) is 33.6. The molecule has 2 atom stereocenters. The van der Waals surface area contributed by atoms with E-state index in [-0.39, 0.29) is 17.7 Å². The number of hydrogen-bond donors (Lipinski definition) is 0. The van der Waals surface area contributed by atoms with E-state index in [1.54, 1.807) is 0 Å². The molecule has 0 N–H and O–H groups in total. The summed E-state index contributed by atoms with van der Waals surface area (Å²) in [6.45, 7) is 10.6. The normalized spacial score (nSPS) is 21.8. The molecule has 2 fully saturated rings. The molecule has 2 aromatic rings. The maximum absolute atomic E-state index is 12.8. The number of carbonyl (C=O) groups excluding carboxylic acids is 2. The lowest BCUT2D eigenvalue weighted by molar-refractivity contribution is -0.134. The SMILES string of the molecule is CCC(=O)N1CC[C@H](c2cc3nc(C)c(CCC(=O)N4CCCC[C@@H]4C)c(C)n3n2)C1. The molecule has 2 aromatic heterocycles. The smallest absolute Gasteiger partial charge is 0.223 e. The molecule has 0 aromatic carbocycles. The summed E-state index contributed by atoms with van der Waals surface area (Å²) in [5.74, 6) is 0.729. The fourth-order valence-corrected chi connectivity index (χ4v) is 5.20. The van der Waals surface area contributed by atoms with Crippen LogP contribution in [0.4, 0.5) is 0 Å². The molecule has 0 spiro atoms. The number of aryl methyl sites for hydroxylation is 2. The maximum atomic E-state index is 12.8.